The molecule has 29 heavy (non-hydrogen) atoms. The lowest BCUT2D eigenvalue weighted by molar-refractivity contribution is -0.0775. The highest BCUT2D eigenvalue weighted by atomic mass is 35.5. The number of hydrogen-bond donors (Lipinski definition) is 0. The Labute approximate surface area is 178 Å². The molecule has 1 aromatic carbocycles. The Bertz CT molecular complexity index is 1050. The van der Waals surface area contributed by atoms with E-state index in [1.807, 2.05) is 28.9 Å². The first kappa shape index (κ1) is 17.9. The van der Waals surface area contributed by atoms with E-state index in [4.69, 9.17) is 27.6 Å². The molecule has 4 aliphatic rings. The second-order valence-electron chi connectivity index (χ2n) is 9.23. The lowest BCUT2D eigenvalue weighted by Gasteiger charge is -2.60. The average Bonchev–Trinajstić information content (AvgIpc) is 3.33. The number of hydrogen-bond acceptors (Lipinski definition) is 5. The average molecular weight is 430 g/mol. The number of benzene rings is 1. The van der Waals surface area contributed by atoms with Crippen molar-refractivity contribution >= 4 is 23.2 Å². The van der Waals surface area contributed by atoms with Gasteiger partial charge in [-0.2, -0.15) is 0 Å². The van der Waals surface area contributed by atoms with Gasteiger partial charge in [-0.1, -0.05) is 23.7 Å². The summed E-state index contributed by atoms with van der Waals surface area (Å²) < 4.78 is 8.28. The second kappa shape index (κ2) is 6.29. The zero-order valence-corrected chi connectivity index (χ0v) is 17.4. The molecule has 0 N–H and O–H groups in total. The van der Waals surface area contributed by atoms with Gasteiger partial charge in [-0.3, -0.25) is 0 Å². The van der Waals surface area contributed by atoms with Crippen molar-refractivity contribution in [2.45, 2.75) is 55.9 Å². The molecular formula is C21H21Cl2N5O. The first-order chi connectivity index (χ1) is 14.0. The summed E-state index contributed by atoms with van der Waals surface area (Å²) in [5, 5.41) is 14.5. The highest BCUT2D eigenvalue weighted by Gasteiger charge is 2.61. The van der Waals surface area contributed by atoms with Gasteiger partial charge in [0.1, 0.15) is 6.33 Å². The van der Waals surface area contributed by atoms with Gasteiger partial charge in [0.05, 0.1) is 17.4 Å². The summed E-state index contributed by atoms with van der Waals surface area (Å²) >= 11 is 12.0. The third-order valence-electron chi connectivity index (χ3n) is 7.17. The molecule has 6 nitrogen and oxygen atoms in total. The van der Waals surface area contributed by atoms with Gasteiger partial charge in [0.15, 0.2) is 0 Å². The molecule has 4 saturated carbocycles. The standard InChI is InChI=1S/C21H21Cl2N5O/c22-16-3-1-13(2-4-16)6-17-25-26-18(29-17)20-7-14-5-15(8-20)10-21(9-14,11-20)28-12-24-19(23)27-28/h1-4,12,14-15H,5-11H2. The molecule has 7 rings (SSSR count). The Kier molecular flexibility index (Phi) is 3.88. The Morgan fingerprint density at radius 2 is 1.79 bits per heavy atom. The van der Waals surface area contributed by atoms with Crippen molar-refractivity contribution in [1.82, 2.24) is 25.0 Å². The fraction of sp³-hybridized carbons (Fsp3) is 0.524. The molecule has 0 aliphatic heterocycles. The molecule has 2 heterocycles. The third-order valence-corrected chi connectivity index (χ3v) is 7.59. The smallest absolute Gasteiger partial charge is 0.242 e. The van der Waals surface area contributed by atoms with E-state index in [1.165, 1.54) is 6.42 Å². The van der Waals surface area contributed by atoms with Gasteiger partial charge < -0.3 is 4.42 Å². The van der Waals surface area contributed by atoms with Crippen LogP contribution >= 0.6 is 23.2 Å². The zero-order chi connectivity index (χ0) is 19.6. The van der Waals surface area contributed by atoms with Gasteiger partial charge in [0.2, 0.25) is 17.1 Å². The van der Waals surface area contributed by atoms with Crippen molar-refractivity contribution in [2.24, 2.45) is 11.8 Å². The maximum atomic E-state index is 6.26. The van der Waals surface area contributed by atoms with Gasteiger partial charge >= 0.3 is 0 Å². The van der Waals surface area contributed by atoms with E-state index < -0.39 is 0 Å². The summed E-state index contributed by atoms with van der Waals surface area (Å²) in [6.07, 6.45) is 9.19. The number of halogens is 2. The summed E-state index contributed by atoms with van der Waals surface area (Å²) in [4.78, 5) is 4.18. The molecule has 8 heteroatoms. The molecule has 0 radical (unpaired) electrons. The summed E-state index contributed by atoms with van der Waals surface area (Å²) in [5.41, 5.74) is 1.02. The highest BCUT2D eigenvalue weighted by Crippen LogP contribution is 2.64. The lowest BCUT2D eigenvalue weighted by atomic mass is 9.47. The van der Waals surface area contributed by atoms with E-state index in [1.54, 1.807) is 6.33 Å². The zero-order valence-electron chi connectivity index (χ0n) is 15.9. The fourth-order valence-electron chi connectivity index (χ4n) is 6.52. The van der Waals surface area contributed by atoms with E-state index in [2.05, 4.69) is 20.3 Å². The van der Waals surface area contributed by atoms with Crippen LogP contribution in [0, 0.1) is 11.8 Å². The Morgan fingerprint density at radius 1 is 1.03 bits per heavy atom. The lowest BCUT2D eigenvalue weighted by Crippen LogP contribution is -2.58. The minimum absolute atomic E-state index is 0.0327. The monoisotopic (exact) mass is 429 g/mol. The van der Waals surface area contributed by atoms with Crippen LogP contribution in [0.3, 0.4) is 0 Å². The molecule has 4 bridgehead atoms. The van der Waals surface area contributed by atoms with E-state index in [-0.39, 0.29) is 11.0 Å². The van der Waals surface area contributed by atoms with E-state index >= 15 is 0 Å². The van der Waals surface area contributed by atoms with Crippen molar-refractivity contribution < 1.29 is 4.42 Å². The maximum Gasteiger partial charge on any atom is 0.242 e. The minimum atomic E-state index is -0.0618. The van der Waals surface area contributed by atoms with Crippen molar-refractivity contribution in [3.05, 3.63) is 58.2 Å². The Morgan fingerprint density at radius 3 is 2.48 bits per heavy atom. The fourth-order valence-corrected chi connectivity index (χ4v) is 6.77. The topological polar surface area (TPSA) is 69.6 Å². The molecular weight excluding hydrogens is 409 g/mol. The van der Waals surface area contributed by atoms with Crippen LogP contribution in [0.2, 0.25) is 10.3 Å². The molecule has 0 saturated heterocycles. The largest absolute Gasteiger partial charge is 0.424 e. The first-order valence-electron chi connectivity index (χ1n) is 10.2. The van der Waals surface area contributed by atoms with Crippen LogP contribution in [-0.2, 0) is 17.4 Å². The molecule has 0 amide bonds. The van der Waals surface area contributed by atoms with Crippen LogP contribution in [0.25, 0.3) is 0 Å². The Balaban J connectivity index is 1.32. The third kappa shape index (κ3) is 2.91. The van der Waals surface area contributed by atoms with Gasteiger partial charge in [-0.05, 0) is 79.7 Å². The SMILES string of the molecule is Clc1ccc(Cc2nnc(C34CC5CC(C3)CC(n3cnc(Cl)n3)(C5)C4)o2)cc1. The predicted octanol–water partition coefficient (Wildman–Crippen LogP) is 4.81. The van der Waals surface area contributed by atoms with Gasteiger partial charge in [-0.15, -0.1) is 15.3 Å². The molecule has 2 atom stereocenters. The summed E-state index contributed by atoms with van der Waals surface area (Å²) in [6, 6.07) is 7.78. The molecule has 4 aliphatic carbocycles. The number of nitrogens with zero attached hydrogens (tertiary/aromatic N) is 5. The summed E-state index contributed by atoms with van der Waals surface area (Å²) in [6.45, 7) is 0. The van der Waals surface area contributed by atoms with Crippen molar-refractivity contribution in [2.75, 3.05) is 0 Å². The van der Waals surface area contributed by atoms with Crippen molar-refractivity contribution in [1.29, 1.82) is 0 Å². The second-order valence-corrected chi connectivity index (χ2v) is 10.0. The predicted molar refractivity (Wildman–Crippen MR) is 108 cm³/mol. The number of aromatic nitrogens is 5. The van der Waals surface area contributed by atoms with Crippen LogP contribution in [0.4, 0.5) is 0 Å². The van der Waals surface area contributed by atoms with E-state index in [0.717, 1.165) is 48.6 Å². The summed E-state index contributed by atoms with van der Waals surface area (Å²) in [7, 11) is 0. The number of rotatable bonds is 4. The van der Waals surface area contributed by atoms with Gasteiger partial charge in [0, 0.05) is 5.02 Å². The van der Waals surface area contributed by atoms with Crippen LogP contribution < -0.4 is 0 Å². The molecule has 4 fully saturated rings. The molecule has 2 aromatic heterocycles. The molecule has 0 spiro atoms. The van der Waals surface area contributed by atoms with Crippen LogP contribution in [0.15, 0.2) is 35.0 Å². The normalized spacial score (nSPS) is 32.8. The minimum Gasteiger partial charge on any atom is -0.424 e. The molecule has 3 aromatic rings. The van der Waals surface area contributed by atoms with E-state index in [0.29, 0.717) is 29.4 Å². The quantitative estimate of drug-likeness (QED) is 0.595. The van der Waals surface area contributed by atoms with Gasteiger partial charge in [-0.25, -0.2) is 9.67 Å². The Hall–Kier alpha value is -1.92. The van der Waals surface area contributed by atoms with Crippen LogP contribution in [0.5, 0.6) is 0 Å². The van der Waals surface area contributed by atoms with E-state index in [9.17, 15) is 0 Å². The highest BCUT2D eigenvalue weighted by molar-refractivity contribution is 6.30. The van der Waals surface area contributed by atoms with Gasteiger partial charge in [0.25, 0.3) is 0 Å². The summed E-state index contributed by atoms with van der Waals surface area (Å²) in [5.74, 6) is 2.78. The molecule has 2 unspecified atom stereocenters. The van der Waals surface area contributed by atoms with Crippen LogP contribution in [-0.4, -0.2) is 25.0 Å². The first-order valence-corrected chi connectivity index (χ1v) is 10.9. The van der Waals surface area contributed by atoms with Crippen molar-refractivity contribution in [3.8, 4) is 0 Å². The van der Waals surface area contributed by atoms with Crippen LogP contribution in [0.1, 0.15) is 55.9 Å². The van der Waals surface area contributed by atoms with Crippen molar-refractivity contribution in [3.63, 3.8) is 0 Å². The maximum absolute atomic E-state index is 6.26. The molecule has 150 valence electrons.